The van der Waals surface area contributed by atoms with Gasteiger partial charge in [-0.3, -0.25) is 4.79 Å². The summed E-state index contributed by atoms with van der Waals surface area (Å²) >= 11 is 1.75. The van der Waals surface area contributed by atoms with Crippen molar-refractivity contribution in [3.63, 3.8) is 0 Å². The second-order valence-corrected chi connectivity index (χ2v) is 4.17. The Bertz CT molecular complexity index is 215. The van der Waals surface area contributed by atoms with Gasteiger partial charge in [0.2, 0.25) is 5.91 Å². The summed E-state index contributed by atoms with van der Waals surface area (Å²) in [5, 5.41) is 6.51. The van der Waals surface area contributed by atoms with E-state index in [0.717, 1.165) is 17.9 Å². The van der Waals surface area contributed by atoms with E-state index in [1.165, 1.54) is 0 Å². The summed E-state index contributed by atoms with van der Waals surface area (Å²) in [6, 6.07) is 0. The van der Waals surface area contributed by atoms with Crippen LogP contribution in [0.4, 0.5) is 0 Å². The van der Waals surface area contributed by atoms with Crippen LogP contribution in [0.3, 0.4) is 0 Å². The highest BCUT2D eigenvalue weighted by molar-refractivity contribution is 7.98. The molecule has 0 fully saturated rings. The second kappa shape index (κ2) is 30.8. The van der Waals surface area contributed by atoms with E-state index in [-0.39, 0.29) is 5.91 Å². The summed E-state index contributed by atoms with van der Waals surface area (Å²) in [4.78, 5) is 11.0. The number of nitrogens with zero attached hydrogens (tertiary/aromatic N) is 1. The smallest absolute Gasteiger partial charge is 0.240 e. The summed E-state index contributed by atoms with van der Waals surface area (Å²) < 4.78 is 0. The molecule has 2 N–H and O–H groups in total. The second-order valence-electron chi connectivity index (χ2n) is 3.18. The Morgan fingerprint density at radius 3 is 2.00 bits per heavy atom. The molecule has 0 aromatic heterocycles. The molecule has 0 aromatic carbocycles. The number of thioether (sulfide) groups is 1. The number of carbonyl (C=O) groups excluding carboxylic acids is 1. The van der Waals surface area contributed by atoms with Crippen LogP contribution in [-0.4, -0.2) is 30.7 Å². The lowest BCUT2D eigenvalue weighted by molar-refractivity contribution is -0.121. The molecular formula is C15H35N3OS. The van der Waals surface area contributed by atoms with Gasteiger partial charge < -0.3 is 5.32 Å². The molecule has 4 nitrogen and oxygen atoms in total. The Labute approximate surface area is 130 Å². The molecule has 0 aliphatic heterocycles. The summed E-state index contributed by atoms with van der Waals surface area (Å²) in [7, 11) is 1.81. The van der Waals surface area contributed by atoms with E-state index in [1.54, 1.807) is 18.0 Å². The van der Waals surface area contributed by atoms with Gasteiger partial charge in [0.05, 0.1) is 0 Å². The summed E-state index contributed by atoms with van der Waals surface area (Å²) in [6.07, 6.45) is 5.15. The van der Waals surface area contributed by atoms with E-state index in [4.69, 9.17) is 0 Å². The largest absolute Gasteiger partial charge is 0.394 e. The molecule has 0 saturated heterocycles. The number of hydrazone groups is 1. The van der Waals surface area contributed by atoms with Gasteiger partial charge >= 0.3 is 0 Å². The molecule has 0 atom stereocenters. The number of hydrogen-bond donors (Lipinski definition) is 2. The van der Waals surface area contributed by atoms with Crippen LogP contribution in [-0.2, 0) is 4.79 Å². The Balaban J connectivity index is -0.000000134. The standard InChI is InChI=1S/C8H16N2OS.C3H7N.2C2H6/c1-7(2)9-10-8(11)5-4-6-12-3;1-3-4-2;2*1-2/h4-6H2,1-3H3,(H,10,11);3-4H,1H2,2H3;2*1-2H3. The van der Waals surface area contributed by atoms with Gasteiger partial charge in [-0.05, 0) is 38.5 Å². The van der Waals surface area contributed by atoms with Gasteiger partial charge in [0.25, 0.3) is 0 Å². The molecule has 0 aliphatic carbocycles. The predicted octanol–water partition coefficient (Wildman–Crippen LogP) is 4.04. The maximum atomic E-state index is 11.0. The number of carbonyl (C=O) groups is 1. The highest BCUT2D eigenvalue weighted by Gasteiger charge is 1.97. The van der Waals surface area contributed by atoms with Crippen LogP contribution in [0.5, 0.6) is 0 Å². The van der Waals surface area contributed by atoms with E-state index < -0.39 is 0 Å². The third kappa shape index (κ3) is 43.5. The van der Waals surface area contributed by atoms with Crippen molar-refractivity contribution in [3.8, 4) is 0 Å². The van der Waals surface area contributed by atoms with Crippen LogP contribution >= 0.6 is 11.8 Å². The average molecular weight is 306 g/mol. The Morgan fingerprint density at radius 1 is 1.25 bits per heavy atom. The van der Waals surface area contributed by atoms with Gasteiger partial charge in [0.15, 0.2) is 0 Å². The van der Waals surface area contributed by atoms with Crippen LogP contribution in [0.25, 0.3) is 0 Å². The van der Waals surface area contributed by atoms with E-state index in [0.29, 0.717) is 6.42 Å². The van der Waals surface area contributed by atoms with Crippen LogP contribution < -0.4 is 10.7 Å². The molecule has 0 saturated carbocycles. The fraction of sp³-hybridized carbons (Fsp3) is 0.733. The van der Waals surface area contributed by atoms with Crippen molar-refractivity contribution in [1.82, 2.24) is 10.7 Å². The number of amides is 1. The summed E-state index contributed by atoms with van der Waals surface area (Å²) in [6.45, 7) is 15.1. The molecule has 0 radical (unpaired) electrons. The monoisotopic (exact) mass is 305 g/mol. The van der Waals surface area contributed by atoms with Gasteiger partial charge in [0, 0.05) is 19.2 Å². The molecule has 0 heterocycles. The lowest BCUT2D eigenvalue weighted by atomic mass is 10.3. The zero-order chi connectivity index (χ0) is 16.8. The Morgan fingerprint density at radius 2 is 1.70 bits per heavy atom. The first kappa shape index (κ1) is 27.4. The van der Waals surface area contributed by atoms with Crippen molar-refractivity contribution >= 4 is 23.4 Å². The molecule has 0 aliphatic rings. The number of rotatable bonds is 6. The van der Waals surface area contributed by atoms with E-state index in [1.807, 2.05) is 54.8 Å². The molecule has 122 valence electrons. The third-order valence-electron chi connectivity index (χ3n) is 1.36. The first-order valence-corrected chi connectivity index (χ1v) is 8.54. The lowest BCUT2D eigenvalue weighted by Gasteiger charge is -1.98. The van der Waals surface area contributed by atoms with Gasteiger partial charge in [0.1, 0.15) is 0 Å². The van der Waals surface area contributed by atoms with E-state index in [9.17, 15) is 4.79 Å². The molecule has 0 rings (SSSR count). The maximum absolute atomic E-state index is 11.0. The molecule has 0 bridgehead atoms. The molecule has 0 unspecified atom stereocenters. The minimum absolute atomic E-state index is 0.00486. The summed E-state index contributed by atoms with van der Waals surface area (Å²) in [5.74, 6) is 1.03. The first-order valence-electron chi connectivity index (χ1n) is 7.15. The van der Waals surface area contributed by atoms with Crippen LogP contribution in [0.1, 0.15) is 54.4 Å². The molecular weight excluding hydrogens is 270 g/mol. The van der Waals surface area contributed by atoms with Crippen molar-refractivity contribution in [2.24, 2.45) is 5.10 Å². The molecule has 0 spiro atoms. The minimum Gasteiger partial charge on any atom is -0.394 e. The highest BCUT2D eigenvalue weighted by atomic mass is 32.2. The highest BCUT2D eigenvalue weighted by Crippen LogP contribution is 1.98. The fourth-order valence-corrected chi connectivity index (χ4v) is 1.04. The van der Waals surface area contributed by atoms with Crippen molar-refractivity contribution in [2.45, 2.75) is 54.4 Å². The van der Waals surface area contributed by atoms with Crippen LogP contribution in [0, 0.1) is 0 Å². The molecule has 0 aromatic rings. The van der Waals surface area contributed by atoms with Crippen molar-refractivity contribution in [2.75, 3.05) is 19.1 Å². The third-order valence-corrected chi connectivity index (χ3v) is 2.06. The van der Waals surface area contributed by atoms with Gasteiger partial charge in [-0.15, -0.1) is 0 Å². The van der Waals surface area contributed by atoms with Gasteiger partial charge in [-0.1, -0.05) is 34.3 Å². The summed E-state index contributed by atoms with van der Waals surface area (Å²) in [5.41, 5.74) is 3.35. The van der Waals surface area contributed by atoms with E-state index in [2.05, 4.69) is 22.4 Å². The van der Waals surface area contributed by atoms with Crippen molar-refractivity contribution in [3.05, 3.63) is 12.8 Å². The SMILES string of the molecule is C=CNC.CC.CC.CSCCCC(=O)NN=C(C)C. The lowest BCUT2D eigenvalue weighted by Crippen LogP contribution is -2.18. The fourth-order valence-electron chi connectivity index (χ4n) is 0.607. The molecule has 20 heavy (non-hydrogen) atoms. The zero-order valence-corrected chi connectivity index (χ0v) is 15.5. The average Bonchev–Trinajstić information content (AvgIpc) is 2.50. The molecule has 1 amide bonds. The van der Waals surface area contributed by atoms with Crippen molar-refractivity contribution in [1.29, 1.82) is 0 Å². The normalized spacial score (nSPS) is 7.20. The zero-order valence-electron chi connectivity index (χ0n) is 14.7. The van der Waals surface area contributed by atoms with Crippen molar-refractivity contribution < 1.29 is 4.79 Å². The topological polar surface area (TPSA) is 53.5 Å². The minimum atomic E-state index is 0.00486. The van der Waals surface area contributed by atoms with Crippen LogP contribution in [0.2, 0.25) is 0 Å². The van der Waals surface area contributed by atoms with Gasteiger partial charge in [-0.25, -0.2) is 5.43 Å². The predicted molar refractivity (Wildman–Crippen MR) is 96.5 cm³/mol. The van der Waals surface area contributed by atoms with Crippen LogP contribution in [0.15, 0.2) is 17.9 Å². The number of nitrogens with one attached hydrogen (secondary N) is 2. The quantitative estimate of drug-likeness (QED) is 0.442. The number of hydrogen-bond acceptors (Lipinski definition) is 4. The van der Waals surface area contributed by atoms with Gasteiger partial charge in [-0.2, -0.15) is 16.9 Å². The molecule has 5 heteroatoms. The van der Waals surface area contributed by atoms with E-state index >= 15 is 0 Å². The first-order chi connectivity index (χ1) is 9.58. The maximum Gasteiger partial charge on any atom is 0.240 e. The Kier molecular flexibility index (Phi) is 42.2. The Hall–Kier alpha value is -0.970.